The number of carboxylic acids is 1. The number of aromatic carboxylic acids is 1. The third kappa shape index (κ3) is 4.04. The number of benzene rings is 2. The van der Waals surface area contributed by atoms with Crippen molar-refractivity contribution in [3.8, 4) is 5.75 Å². The summed E-state index contributed by atoms with van der Waals surface area (Å²) in [6.07, 6.45) is 1.77. The fraction of sp³-hybridized carbons (Fsp3) is 0.150. The average molecular weight is 399 g/mol. The predicted octanol–water partition coefficient (Wildman–Crippen LogP) is 4.50. The number of aryl methyl sites for hydroxylation is 1. The maximum Gasteiger partial charge on any atom is 0.336 e. The molecule has 1 heterocycles. The summed E-state index contributed by atoms with van der Waals surface area (Å²) in [6.45, 7) is 4.22. The van der Waals surface area contributed by atoms with Crippen molar-refractivity contribution in [3.63, 3.8) is 0 Å². The molecule has 5 nitrogen and oxygen atoms in total. The molecule has 0 atom stereocenters. The molecule has 1 saturated heterocycles. The van der Waals surface area contributed by atoms with Crippen LogP contribution < -0.4 is 9.64 Å². The molecule has 0 unspecified atom stereocenters. The number of anilines is 1. The van der Waals surface area contributed by atoms with Crippen molar-refractivity contribution in [2.45, 2.75) is 13.8 Å². The van der Waals surface area contributed by atoms with Crippen LogP contribution in [0.4, 0.5) is 5.69 Å². The number of ether oxygens (including phenoxy) is 1. The Morgan fingerprint density at radius 2 is 1.96 bits per heavy atom. The topological polar surface area (TPSA) is 66.8 Å². The second-order valence-corrected chi connectivity index (χ2v) is 7.50. The Hall–Kier alpha value is -2.64. The lowest BCUT2D eigenvalue weighted by Crippen LogP contribution is -2.27. The van der Waals surface area contributed by atoms with Gasteiger partial charge in [-0.3, -0.25) is 9.69 Å². The molecule has 0 saturated carbocycles. The van der Waals surface area contributed by atoms with Crippen LogP contribution in [0.1, 0.15) is 28.4 Å². The van der Waals surface area contributed by atoms with Crippen LogP contribution in [-0.2, 0) is 4.79 Å². The van der Waals surface area contributed by atoms with Gasteiger partial charge in [-0.05, 0) is 55.3 Å². The fourth-order valence-corrected chi connectivity index (χ4v) is 3.95. The Morgan fingerprint density at radius 1 is 1.26 bits per heavy atom. The van der Waals surface area contributed by atoms with Gasteiger partial charge >= 0.3 is 5.97 Å². The summed E-state index contributed by atoms with van der Waals surface area (Å²) < 4.78 is 5.79. The third-order valence-electron chi connectivity index (χ3n) is 3.99. The second kappa shape index (κ2) is 7.94. The number of nitrogens with zero attached hydrogens (tertiary/aromatic N) is 1. The minimum Gasteiger partial charge on any atom is -0.494 e. The molecule has 3 rings (SSSR count). The van der Waals surface area contributed by atoms with E-state index in [2.05, 4.69) is 0 Å². The summed E-state index contributed by atoms with van der Waals surface area (Å²) in [5.74, 6) is -0.535. The maximum atomic E-state index is 12.8. The molecule has 1 aliphatic rings. The van der Waals surface area contributed by atoms with Crippen LogP contribution in [-0.4, -0.2) is 27.9 Å². The van der Waals surface area contributed by atoms with Crippen molar-refractivity contribution in [3.05, 3.63) is 64.1 Å². The van der Waals surface area contributed by atoms with Gasteiger partial charge in [-0.1, -0.05) is 42.2 Å². The van der Waals surface area contributed by atoms with Gasteiger partial charge in [0.15, 0.2) is 4.32 Å². The SMILES string of the molecule is CCOc1ccc(/C=C2\SC(=S)N(c3ccc(C)c(C(=O)O)c3)C2=O)cc1. The first-order chi connectivity index (χ1) is 12.9. The number of rotatable bonds is 5. The standard InChI is InChI=1S/C20H17NO4S2/c1-3-25-15-8-5-13(6-9-15)10-17-18(22)21(20(26)27-17)14-7-4-12(2)16(11-14)19(23)24/h4-11H,3H2,1-2H3,(H,23,24)/b17-10-. The van der Waals surface area contributed by atoms with E-state index in [-0.39, 0.29) is 11.5 Å². The van der Waals surface area contributed by atoms with E-state index in [0.29, 0.717) is 27.1 Å². The Kier molecular flexibility index (Phi) is 5.62. The average Bonchev–Trinajstić information content (AvgIpc) is 2.91. The molecule has 1 fully saturated rings. The van der Waals surface area contributed by atoms with Gasteiger partial charge in [-0.15, -0.1) is 0 Å². The Morgan fingerprint density at radius 3 is 2.59 bits per heavy atom. The highest BCUT2D eigenvalue weighted by atomic mass is 32.2. The number of amides is 1. The molecule has 0 aromatic heterocycles. The zero-order valence-electron chi connectivity index (χ0n) is 14.8. The highest BCUT2D eigenvalue weighted by molar-refractivity contribution is 8.27. The molecule has 138 valence electrons. The van der Waals surface area contributed by atoms with E-state index < -0.39 is 5.97 Å². The Balaban J connectivity index is 1.89. The summed E-state index contributed by atoms with van der Waals surface area (Å²) in [5.41, 5.74) is 2.09. The summed E-state index contributed by atoms with van der Waals surface area (Å²) in [4.78, 5) is 26.1. The van der Waals surface area contributed by atoms with Gasteiger partial charge in [0.05, 0.1) is 22.8 Å². The number of thiocarbonyl (C=S) groups is 1. The largest absolute Gasteiger partial charge is 0.494 e. The third-order valence-corrected chi connectivity index (χ3v) is 5.29. The minimum absolute atomic E-state index is 0.150. The molecule has 0 spiro atoms. The van der Waals surface area contributed by atoms with Crippen LogP contribution in [0.5, 0.6) is 5.75 Å². The van der Waals surface area contributed by atoms with E-state index in [1.54, 1.807) is 25.1 Å². The molecule has 0 aliphatic carbocycles. The van der Waals surface area contributed by atoms with Gasteiger partial charge in [0, 0.05) is 0 Å². The zero-order chi connectivity index (χ0) is 19.6. The number of carbonyl (C=O) groups is 2. The normalized spacial score (nSPS) is 15.5. The van der Waals surface area contributed by atoms with Crippen molar-refractivity contribution in [1.82, 2.24) is 0 Å². The quantitative estimate of drug-likeness (QED) is 0.590. The van der Waals surface area contributed by atoms with E-state index in [9.17, 15) is 14.7 Å². The predicted molar refractivity (Wildman–Crippen MR) is 111 cm³/mol. The van der Waals surface area contributed by atoms with Crippen molar-refractivity contribution in [2.24, 2.45) is 0 Å². The lowest BCUT2D eigenvalue weighted by molar-refractivity contribution is -0.113. The van der Waals surface area contributed by atoms with Crippen LogP contribution in [0.25, 0.3) is 6.08 Å². The number of thioether (sulfide) groups is 1. The molecular formula is C20H17NO4S2. The van der Waals surface area contributed by atoms with E-state index in [4.69, 9.17) is 17.0 Å². The van der Waals surface area contributed by atoms with Gasteiger partial charge in [0.25, 0.3) is 5.91 Å². The van der Waals surface area contributed by atoms with E-state index >= 15 is 0 Å². The zero-order valence-corrected chi connectivity index (χ0v) is 16.4. The summed E-state index contributed by atoms with van der Waals surface area (Å²) in [6, 6.07) is 12.3. The van der Waals surface area contributed by atoms with Crippen molar-refractivity contribution in [2.75, 3.05) is 11.5 Å². The Bertz CT molecular complexity index is 951. The van der Waals surface area contributed by atoms with Gasteiger partial charge in [-0.2, -0.15) is 0 Å². The lowest BCUT2D eigenvalue weighted by atomic mass is 10.1. The van der Waals surface area contributed by atoms with Crippen LogP contribution in [0.2, 0.25) is 0 Å². The second-order valence-electron chi connectivity index (χ2n) is 5.82. The Labute approximate surface area is 166 Å². The first-order valence-electron chi connectivity index (χ1n) is 8.25. The number of carbonyl (C=O) groups excluding carboxylic acids is 1. The van der Waals surface area contributed by atoms with Gasteiger partial charge in [0.2, 0.25) is 0 Å². The highest BCUT2D eigenvalue weighted by Crippen LogP contribution is 2.36. The van der Waals surface area contributed by atoms with Crippen molar-refractivity contribution < 1.29 is 19.4 Å². The lowest BCUT2D eigenvalue weighted by Gasteiger charge is -2.15. The minimum atomic E-state index is -1.04. The van der Waals surface area contributed by atoms with Crippen LogP contribution >= 0.6 is 24.0 Å². The van der Waals surface area contributed by atoms with E-state index in [1.165, 1.54) is 22.7 Å². The molecule has 1 aliphatic heterocycles. The molecule has 27 heavy (non-hydrogen) atoms. The van der Waals surface area contributed by atoms with E-state index in [0.717, 1.165) is 11.3 Å². The van der Waals surface area contributed by atoms with Gasteiger partial charge < -0.3 is 9.84 Å². The summed E-state index contributed by atoms with van der Waals surface area (Å²) in [5, 5.41) is 9.31. The van der Waals surface area contributed by atoms with Crippen LogP contribution in [0, 0.1) is 6.92 Å². The molecule has 7 heteroatoms. The van der Waals surface area contributed by atoms with E-state index in [1.807, 2.05) is 31.2 Å². The first-order valence-corrected chi connectivity index (χ1v) is 9.48. The van der Waals surface area contributed by atoms with Crippen LogP contribution in [0.3, 0.4) is 0 Å². The smallest absolute Gasteiger partial charge is 0.336 e. The number of hydrogen-bond donors (Lipinski definition) is 1. The fourth-order valence-electron chi connectivity index (χ4n) is 2.65. The van der Waals surface area contributed by atoms with Gasteiger partial charge in [0.1, 0.15) is 5.75 Å². The van der Waals surface area contributed by atoms with Crippen molar-refractivity contribution in [1.29, 1.82) is 0 Å². The van der Waals surface area contributed by atoms with Gasteiger partial charge in [-0.25, -0.2) is 4.79 Å². The molecule has 0 radical (unpaired) electrons. The molecular weight excluding hydrogens is 382 g/mol. The summed E-state index contributed by atoms with van der Waals surface area (Å²) in [7, 11) is 0. The highest BCUT2D eigenvalue weighted by Gasteiger charge is 2.33. The number of hydrogen-bond acceptors (Lipinski definition) is 5. The molecule has 2 aromatic rings. The summed E-state index contributed by atoms with van der Waals surface area (Å²) >= 11 is 6.54. The van der Waals surface area contributed by atoms with Crippen molar-refractivity contribution >= 4 is 51.9 Å². The molecule has 1 N–H and O–H groups in total. The molecule has 0 bridgehead atoms. The first kappa shape index (κ1) is 19.1. The number of carboxylic acid groups (broad SMARTS) is 1. The maximum absolute atomic E-state index is 12.8. The molecule has 2 aromatic carbocycles. The monoisotopic (exact) mass is 399 g/mol. The molecule has 1 amide bonds. The van der Waals surface area contributed by atoms with Crippen LogP contribution in [0.15, 0.2) is 47.4 Å².